The van der Waals surface area contributed by atoms with Gasteiger partial charge in [-0.05, 0) is 31.1 Å². The first kappa shape index (κ1) is 9.45. The molecule has 2 fully saturated rings. The molecule has 0 aromatic heterocycles. The Balaban J connectivity index is 1.86. The SMILES string of the molecule is C=COCCC1(C)CC2CCC1S2. The second-order valence-electron chi connectivity index (χ2n) is 4.47. The molecule has 0 amide bonds. The average Bonchev–Trinajstić information content (AvgIpc) is 2.64. The lowest BCUT2D eigenvalue weighted by molar-refractivity contribution is 0.157. The number of fused-ring (bicyclic) bond motifs is 2. The predicted molar refractivity (Wildman–Crippen MR) is 57.9 cm³/mol. The first-order valence-electron chi connectivity index (χ1n) is 5.12. The number of hydrogen-bond acceptors (Lipinski definition) is 2. The lowest BCUT2D eigenvalue weighted by Crippen LogP contribution is -2.29. The van der Waals surface area contributed by atoms with Crippen LogP contribution in [0.3, 0.4) is 0 Å². The van der Waals surface area contributed by atoms with Crippen LogP contribution >= 0.6 is 11.8 Å². The molecule has 2 aliphatic heterocycles. The van der Waals surface area contributed by atoms with Gasteiger partial charge in [0, 0.05) is 10.5 Å². The Kier molecular flexibility index (Phi) is 2.59. The highest BCUT2D eigenvalue weighted by atomic mass is 32.2. The van der Waals surface area contributed by atoms with Crippen molar-refractivity contribution in [2.45, 2.75) is 43.1 Å². The fourth-order valence-corrected chi connectivity index (χ4v) is 4.69. The van der Waals surface area contributed by atoms with Crippen molar-refractivity contribution < 1.29 is 4.74 Å². The normalized spacial score (nSPS) is 42.2. The molecule has 74 valence electrons. The van der Waals surface area contributed by atoms with Crippen LogP contribution in [-0.4, -0.2) is 17.1 Å². The molecule has 0 radical (unpaired) electrons. The predicted octanol–water partition coefficient (Wildman–Crippen LogP) is 3.21. The molecule has 2 saturated heterocycles. The Morgan fingerprint density at radius 1 is 1.62 bits per heavy atom. The lowest BCUT2D eigenvalue weighted by Gasteiger charge is -2.32. The zero-order valence-electron chi connectivity index (χ0n) is 8.29. The highest BCUT2D eigenvalue weighted by Crippen LogP contribution is 2.57. The van der Waals surface area contributed by atoms with Gasteiger partial charge in [-0.3, -0.25) is 0 Å². The molecule has 2 heterocycles. The number of rotatable bonds is 4. The van der Waals surface area contributed by atoms with Crippen LogP contribution in [0.2, 0.25) is 0 Å². The minimum Gasteiger partial charge on any atom is -0.502 e. The number of ether oxygens (including phenoxy) is 1. The quantitative estimate of drug-likeness (QED) is 0.507. The van der Waals surface area contributed by atoms with Crippen LogP contribution in [0.5, 0.6) is 0 Å². The van der Waals surface area contributed by atoms with Crippen molar-refractivity contribution in [1.29, 1.82) is 0 Å². The van der Waals surface area contributed by atoms with E-state index in [4.69, 9.17) is 4.74 Å². The van der Waals surface area contributed by atoms with Gasteiger partial charge in [0.05, 0.1) is 12.9 Å². The minimum atomic E-state index is 0.552. The Bertz CT molecular complexity index is 204. The van der Waals surface area contributed by atoms with E-state index in [0.29, 0.717) is 5.41 Å². The Labute approximate surface area is 84.9 Å². The van der Waals surface area contributed by atoms with Crippen LogP contribution in [0.25, 0.3) is 0 Å². The van der Waals surface area contributed by atoms with Gasteiger partial charge in [0.2, 0.25) is 0 Å². The highest BCUT2D eigenvalue weighted by molar-refractivity contribution is 8.01. The number of hydrogen-bond donors (Lipinski definition) is 0. The van der Waals surface area contributed by atoms with Gasteiger partial charge in [-0.1, -0.05) is 13.5 Å². The molecule has 0 aromatic rings. The second kappa shape index (κ2) is 3.56. The van der Waals surface area contributed by atoms with E-state index in [2.05, 4.69) is 25.3 Å². The number of thioether (sulfide) groups is 1. The van der Waals surface area contributed by atoms with Gasteiger partial charge < -0.3 is 4.74 Å². The molecule has 0 aromatic carbocycles. The molecule has 2 bridgehead atoms. The summed E-state index contributed by atoms with van der Waals surface area (Å²) in [7, 11) is 0. The Hall–Kier alpha value is -0.110. The standard InChI is InChI=1S/C11H18OS/c1-3-12-7-6-11(2)8-9-4-5-10(11)13-9/h3,9-10H,1,4-8H2,2H3. The third-order valence-corrected chi connectivity index (χ3v) is 5.41. The Morgan fingerprint density at radius 3 is 3.00 bits per heavy atom. The highest BCUT2D eigenvalue weighted by Gasteiger charge is 2.48. The lowest BCUT2D eigenvalue weighted by atomic mass is 9.74. The molecule has 2 rings (SSSR count). The zero-order valence-corrected chi connectivity index (χ0v) is 9.11. The van der Waals surface area contributed by atoms with E-state index in [-0.39, 0.29) is 0 Å². The summed E-state index contributed by atoms with van der Waals surface area (Å²) in [4.78, 5) is 0. The van der Waals surface area contributed by atoms with E-state index in [0.717, 1.165) is 17.1 Å². The first-order valence-corrected chi connectivity index (χ1v) is 6.07. The minimum absolute atomic E-state index is 0.552. The molecule has 2 heteroatoms. The molecule has 2 aliphatic rings. The van der Waals surface area contributed by atoms with Crippen LogP contribution in [0.1, 0.15) is 32.6 Å². The summed E-state index contributed by atoms with van der Waals surface area (Å²) < 4.78 is 5.22. The average molecular weight is 198 g/mol. The molecule has 3 unspecified atom stereocenters. The van der Waals surface area contributed by atoms with E-state index in [9.17, 15) is 0 Å². The topological polar surface area (TPSA) is 9.23 Å². The smallest absolute Gasteiger partial charge is 0.0878 e. The van der Waals surface area contributed by atoms with Gasteiger partial charge in [-0.25, -0.2) is 0 Å². The van der Waals surface area contributed by atoms with Crippen molar-refractivity contribution in [3.8, 4) is 0 Å². The van der Waals surface area contributed by atoms with Crippen molar-refractivity contribution in [3.05, 3.63) is 12.8 Å². The van der Waals surface area contributed by atoms with Gasteiger partial charge in [0.25, 0.3) is 0 Å². The summed E-state index contributed by atoms with van der Waals surface area (Å²) in [6.07, 6.45) is 7.05. The maximum atomic E-state index is 5.22. The molecule has 0 saturated carbocycles. The van der Waals surface area contributed by atoms with E-state index in [1.54, 1.807) is 6.26 Å². The van der Waals surface area contributed by atoms with Crippen molar-refractivity contribution in [1.82, 2.24) is 0 Å². The first-order chi connectivity index (χ1) is 6.24. The zero-order chi connectivity index (χ0) is 9.31. The maximum absolute atomic E-state index is 5.22. The Morgan fingerprint density at radius 2 is 2.46 bits per heavy atom. The van der Waals surface area contributed by atoms with E-state index >= 15 is 0 Å². The summed E-state index contributed by atoms with van der Waals surface area (Å²) >= 11 is 2.22. The molecular weight excluding hydrogens is 180 g/mol. The van der Waals surface area contributed by atoms with Crippen LogP contribution in [0.15, 0.2) is 12.8 Å². The third-order valence-electron chi connectivity index (χ3n) is 3.49. The largest absolute Gasteiger partial charge is 0.502 e. The van der Waals surface area contributed by atoms with Gasteiger partial charge in [-0.2, -0.15) is 11.8 Å². The molecule has 0 spiro atoms. The molecule has 3 atom stereocenters. The van der Waals surface area contributed by atoms with Crippen molar-refractivity contribution in [3.63, 3.8) is 0 Å². The van der Waals surface area contributed by atoms with Gasteiger partial charge in [0.1, 0.15) is 0 Å². The van der Waals surface area contributed by atoms with Crippen LogP contribution < -0.4 is 0 Å². The molecule has 13 heavy (non-hydrogen) atoms. The fourth-order valence-electron chi connectivity index (χ4n) is 2.66. The van der Waals surface area contributed by atoms with Gasteiger partial charge >= 0.3 is 0 Å². The van der Waals surface area contributed by atoms with Crippen LogP contribution in [0.4, 0.5) is 0 Å². The van der Waals surface area contributed by atoms with Gasteiger partial charge in [-0.15, -0.1) is 0 Å². The maximum Gasteiger partial charge on any atom is 0.0878 e. The summed E-state index contributed by atoms with van der Waals surface area (Å²) in [5.41, 5.74) is 0.552. The fraction of sp³-hybridized carbons (Fsp3) is 0.818. The third kappa shape index (κ3) is 1.74. The van der Waals surface area contributed by atoms with Crippen molar-refractivity contribution in [2.75, 3.05) is 6.61 Å². The summed E-state index contributed by atoms with van der Waals surface area (Å²) in [6, 6.07) is 0. The monoisotopic (exact) mass is 198 g/mol. The van der Waals surface area contributed by atoms with Gasteiger partial charge in [0.15, 0.2) is 0 Å². The molecular formula is C11H18OS. The summed E-state index contributed by atoms with van der Waals surface area (Å²) in [5.74, 6) is 0. The van der Waals surface area contributed by atoms with Crippen LogP contribution in [0, 0.1) is 5.41 Å². The molecule has 0 aliphatic carbocycles. The summed E-state index contributed by atoms with van der Waals surface area (Å²) in [6.45, 7) is 6.85. The second-order valence-corrected chi connectivity index (χ2v) is 5.98. The molecule has 1 nitrogen and oxygen atoms in total. The van der Waals surface area contributed by atoms with E-state index in [1.165, 1.54) is 25.7 Å². The van der Waals surface area contributed by atoms with Crippen molar-refractivity contribution >= 4 is 11.8 Å². The molecule has 0 N–H and O–H groups in total. The van der Waals surface area contributed by atoms with E-state index in [1.807, 2.05) is 0 Å². The van der Waals surface area contributed by atoms with Crippen LogP contribution in [-0.2, 0) is 4.74 Å². The van der Waals surface area contributed by atoms with E-state index < -0.39 is 0 Å². The summed E-state index contributed by atoms with van der Waals surface area (Å²) in [5, 5.41) is 1.87. The van der Waals surface area contributed by atoms with Crippen molar-refractivity contribution in [2.24, 2.45) is 5.41 Å².